The van der Waals surface area contributed by atoms with E-state index in [9.17, 15) is 27.6 Å². The molecule has 1 aromatic carbocycles. The Bertz CT molecular complexity index is 775. The summed E-state index contributed by atoms with van der Waals surface area (Å²) in [7, 11) is 0. The monoisotopic (exact) mass is 299 g/mol. The number of halogens is 3. The van der Waals surface area contributed by atoms with Gasteiger partial charge in [-0.1, -0.05) is 0 Å². The van der Waals surface area contributed by atoms with Gasteiger partial charge >= 0.3 is 11.9 Å². The third kappa shape index (κ3) is 3.38. The zero-order valence-electron chi connectivity index (χ0n) is 10.2. The molecule has 2 aromatic rings. The van der Waals surface area contributed by atoms with Crippen molar-refractivity contribution < 1.29 is 18.0 Å². The van der Waals surface area contributed by atoms with Gasteiger partial charge in [0, 0.05) is 11.8 Å². The Balaban J connectivity index is 2.21. The number of aromatic nitrogens is 2. The summed E-state index contributed by atoms with van der Waals surface area (Å²) in [6, 6.07) is 3.48. The lowest BCUT2D eigenvalue weighted by Gasteiger charge is -2.07. The van der Waals surface area contributed by atoms with Crippen LogP contribution in [0.1, 0.15) is 15.9 Å². The molecule has 0 fully saturated rings. The molecule has 0 saturated heterocycles. The quantitative estimate of drug-likeness (QED) is 0.780. The summed E-state index contributed by atoms with van der Waals surface area (Å²) in [6.07, 6.45) is -3.51. The largest absolute Gasteiger partial charge is 0.416 e. The van der Waals surface area contributed by atoms with E-state index in [1.807, 2.05) is 4.98 Å². The normalized spacial score (nSPS) is 11.2. The number of hydrogen-bond acceptors (Lipinski definition) is 3. The van der Waals surface area contributed by atoms with Crippen LogP contribution < -0.4 is 16.6 Å². The van der Waals surface area contributed by atoms with E-state index >= 15 is 0 Å². The average molecular weight is 299 g/mol. The molecular weight excluding hydrogens is 291 g/mol. The summed E-state index contributed by atoms with van der Waals surface area (Å²) in [5.74, 6) is -0.777. The highest BCUT2D eigenvalue weighted by molar-refractivity contribution is 6.04. The van der Waals surface area contributed by atoms with Crippen LogP contribution in [0.4, 0.5) is 18.9 Å². The average Bonchev–Trinajstić information content (AvgIpc) is 2.41. The lowest BCUT2D eigenvalue weighted by atomic mass is 10.1. The topological polar surface area (TPSA) is 94.8 Å². The van der Waals surface area contributed by atoms with Gasteiger partial charge in [-0.15, -0.1) is 0 Å². The van der Waals surface area contributed by atoms with E-state index in [-0.39, 0.29) is 11.3 Å². The summed E-state index contributed by atoms with van der Waals surface area (Å²) >= 11 is 0. The maximum absolute atomic E-state index is 12.4. The minimum atomic E-state index is -4.49. The fourth-order valence-corrected chi connectivity index (χ4v) is 1.51. The number of hydrogen-bond donors (Lipinski definition) is 3. The Morgan fingerprint density at radius 3 is 2.24 bits per heavy atom. The summed E-state index contributed by atoms with van der Waals surface area (Å²) in [6.45, 7) is 0. The minimum absolute atomic E-state index is 0.0615. The number of H-pyrrole nitrogens is 2. The van der Waals surface area contributed by atoms with Gasteiger partial charge in [-0.3, -0.25) is 14.6 Å². The highest BCUT2D eigenvalue weighted by atomic mass is 19.4. The molecular formula is C12H8F3N3O3. The number of rotatable bonds is 2. The maximum Gasteiger partial charge on any atom is 0.416 e. The Morgan fingerprint density at radius 1 is 1.10 bits per heavy atom. The number of carbonyl (C=O) groups is 1. The van der Waals surface area contributed by atoms with E-state index in [0.717, 1.165) is 30.5 Å². The van der Waals surface area contributed by atoms with Crippen molar-refractivity contribution >= 4 is 11.6 Å². The van der Waals surface area contributed by atoms with Crippen molar-refractivity contribution in [1.82, 2.24) is 9.97 Å². The van der Waals surface area contributed by atoms with Gasteiger partial charge in [-0.05, 0) is 24.3 Å². The van der Waals surface area contributed by atoms with Crippen LogP contribution in [-0.2, 0) is 6.18 Å². The van der Waals surface area contributed by atoms with Gasteiger partial charge in [0.15, 0.2) is 0 Å². The van der Waals surface area contributed by atoms with E-state index < -0.39 is 28.9 Å². The van der Waals surface area contributed by atoms with Crippen LogP contribution in [0, 0.1) is 0 Å². The molecule has 0 aliphatic carbocycles. The molecule has 0 radical (unpaired) electrons. The molecule has 21 heavy (non-hydrogen) atoms. The van der Waals surface area contributed by atoms with Gasteiger partial charge in [0.1, 0.15) is 5.69 Å². The standard InChI is InChI=1S/C12H8F3N3O3/c13-12(14,15)7-3-1-6(2-4-7)9(19)17-8-5-16-11(21)18-10(8)20/h1-5H,(H,17,19)(H2,16,18,20,21). The Hall–Kier alpha value is -2.84. The van der Waals surface area contributed by atoms with Crippen molar-refractivity contribution in [1.29, 1.82) is 0 Å². The molecule has 3 N–H and O–H groups in total. The molecule has 0 saturated carbocycles. The number of amides is 1. The molecule has 0 atom stereocenters. The first-order chi connectivity index (χ1) is 9.77. The molecule has 0 aliphatic heterocycles. The van der Waals surface area contributed by atoms with Gasteiger partial charge in [-0.25, -0.2) is 4.79 Å². The van der Waals surface area contributed by atoms with Gasteiger partial charge in [0.05, 0.1) is 5.56 Å². The molecule has 0 aliphatic rings. The first-order valence-corrected chi connectivity index (χ1v) is 5.58. The lowest BCUT2D eigenvalue weighted by Crippen LogP contribution is -2.26. The minimum Gasteiger partial charge on any atom is -0.316 e. The van der Waals surface area contributed by atoms with Gasteiger partial charge in [0.25, 0.3) is 11.5 Å². The summed E-state index contributed by atoms with van der Waals surface area (Å²) in [5.41, 5.74) is -2.74. The second-order valence-corrected chi connectivity index (χ2v) is 4.01. The molecule has 0 bridgehead atoms. The number of aromatic amines is 2. The van der Waals surface area contributed by atoms with Gasteiger partial charge in [-0.2, -0.15) is 13.2 Å². The van der Waals surface area contributed by atoms with E-state index in [0.29, 0.717) is 0 Å². The Morgan fingerprint density at radius 2 is 1.71 bits per heavy atom. The summed E-state index contributed by atoms with van der Waals surface area (Å²) in [5, 5.41) is 2.18. The van der Waals surface area contributed by atoms with Crippen LogP contribution in [-0.4, -0.2) is 15.9 Å². The molecule has 0 unspecified atom stereocenters. The highest BCUT2D eigenvalue weighted by Gasteiger charge is 2.30. The first kappa shape index (κ1) is 14.6. The van der Waals surface area contributed by atoms with Crippen LogP contribution in [0.15, 0.2) is 40.1 Å². The van der Waals surface area contributed by atoms with Crippen LogP contribution >= 0.6 is 0 Å². The summed E-state index contributed by atoms with van der Waals surface area (Å²) in [4.78, 5) is 38.0. The van der Waals surface area contributed by atoms with Gasteiger partial charge < -0.3 is 10.3 Å². The molecule has 1 amide bonds. The van der Waals surface area contributed by atoms with Crippen LogP contribution in [0.3, 0.4) is 0 Å². The van der Waals surface area contributed by atoms with Crippen molar-refractivity contribution in [3.63, 3.8) is 0 Å². The number of nitrogens with one attached hydrogen (secondary N) is 3. The molecule has 110 valence electrons. The van der Waals surface area contributed by atoms with E-state index in [2.05, 4.69) is 10.3 Å². The number of benzene rings is 1. The van der Waals surface area contributed by atoms with E-state index in [1.54, 1.807) is 0 Å². The Labute approximate surface area is 114 Å². The maximum atomic E-state index is 12.4. The number of carbonyl (C=O) groups excluding carboxylic acids is 1. The number of alkyl halides is 3. The van der Waals surface area contributed by atoms with E-state index in [4.69, 9.17) is 0 Å². The van der Waals surface area contributed by atoms with E-state index in [1.165, 1.54) is 0 Å². The SMILES string of the molecule is O=C(Nc1c[nH]c(=O)[nH]c1=O)c1ccc(C(F)(F)F)cc1. The first-order valence-electron chi connectivity index (χ1n) is 5.58. The fourth-order valence-electron chi connectivity index (χ4n) is 1.51. The molecule has 2 rings (SSSR count). The second kappa shape index (κ2) is 5.27. The van der Waals surface area contributed by atoms with Crippen LogP contribution in [0.25, 0.3) is 0 Å². The number of anilines is 1. The molecule has 0 spiro atoms. The molecule has 1 aromatic heterocycles. The zero-order valence-corrected chi connectivity index (χ0v) is 10.2. The predicted molar refractivity (Wildman–Crippen MR) is 67.1 cm³/mol. The van der Waals surface area contributed by atoms with Crippen LogP contribution in [0.5, 0.6) is 0 Å². The van der Waals surface area contributed by atoms with Crippen LogP contribution in [0.2, 0.25) is 0 Å². The lowest BCUT2D eigenvalue weighted by molar-refractivity contribution is -0.137. The molecule has 6 nitrogen and oxygen atoms in total. The Kier molecular flexibility index (Phi) is 3.66. The third-order valence-electron chi connectivity index (χ3n) is 2.54. The van der Waals surface area contributed by atoms with Crippen molar-refractivity contribution in [2.24, 2.45) is 0 Å². The molecule has 9 heteroatoms. The third-order valence-corrected chi connectivity index (χ3v) is 2.54. The van der Waals surface area contributed by atoms with Crippen molar-refractivity contribution in [3.8, 4) is 0 Å². The van der Waals surface area contributed by atoms with Crippen molar-refractivity contribution in [2.45, 2.75) is 6.18 Å². The fraction of sp³-hybridized carbons (Fsp3) is 0.0833. The molecule has 1 heterocycles. The van der Waals surface area contributed by atoms with Gasteiger partial charge in [0.2, 0.25) is 0 Å². The highest BCUT2D eigenvalue weighted by Crippen LogP contribution is 2.29. The van der Waals surface area contributed by atoms with Crippen molar-refractivity contribution in [3.05, 3.63) is 62.4 Å². The summed E-state index contributed by atoms with van der Waals surface area (Å²) < 4.78 is 37.1. The second-order valence-electron chi connectivity index (χ2n) is 4.01. The predicted octanol–water partition coefficient (Wildman–Crippen LogP) is 1.33. The smallest absolute Gasteiger partial charge is 0.316 e. The zero-order chi connectivity index (χ0) is 15.6. The van der Waals surface area contributed by atoms with Crippen molar-refractivity contribution in [2.75, 3.05) is 5.32 Å².